The van der Waals surface area contributed by atoms with Crippen LogP contribution in [0.2, 0.25) is 0 Å². The predicted octanol–water partition coefficient (Wildman–Crippen LogP) is 2.40. The van der Waals surface area contributed by atoms with Crippen LogP contribution >= 0.6 is 0 Å². The maximum absolute atomic E-state index is 13.0. The van der Waals surface area contributed by atoms with Gasteiger partial charge in [0, 0.05) is 12.1 Å². The molecular weight excluding hydrogens is 211 g/mol. The van der Waals surface area contributed by atoms with Gasteiger partial charge in [-0.3, -0.25) is 10.1 Å². The van der Waals surface area contributed by atoms with Gasteiger partial charge in [-0.1, -0.05) is 19.4 Å². The predicted molar refractivity (Wildman–Crippen MR) is 59.6 cm³/mol. The van der Waals surface area contributed by atoms with Crippen LogP contribution in [-0.4, -0.2) is 11.0 Å². The van der Waals surface area contributed by atoms with Crippen molar-refractivity contribution < 1.29 is 9.31 Å². The van der Waals surface area contributed by atoms with E-state index in [0.717, 1.165) is 18.9 Å². The zero-order valence-corrected chi connectivity index (χ0v) is 9.15. The van der Waals surface area contributed by atoms with Crippen molar-refractivity contribution in [3.8, 4) is 0 Å². The smallest absolute Gasteiger partial charge is 0.305 e. The van der Waals surface area contributed by atoms with E-state index < -0.39 is 16.4 Å². The summed E-state index contributed by atoms with van der Waals surface area (Å²) >= 11 is 0. The zero-order chi connectivity index (χ0) is 12.1. The number of nitrogens with zero attached hydrogens (tertiary/aromatic N) is 1. The Morgan fingerprint density at radius 1 is 1.56 bits per heavy atom. The van der Waals surface area contributed by atoms with Crippen LogP contribution in [0.15, 0.2) is 18.2 Å². The molecule has 0 heterocycles. The van der Waals surface area contributed by atoms with Gasteiger partial charge < -0.3 is 5.73 Å². The van der Waals surface area contributed by atoms with E-state index in [1.54, 1.807) is 0 Å². The monoisotopic (exact) mass is 226 g/mol. The number of nitrogens with two attached hydrogens (primary N) is 1. The number of hydrogen-bond donors (Lipinski definition) is 1. The second-order valence-corrected chi connectivity index (χ2v) is 3.80. The molecule has 0 saturated heterocycles. The van der Waals surface area contributed by atoms with Crippen LogP contribution in [0.25, 0.3) is 0 Å². The molecule has 4 nitrogen and oxygen atoms in total. The van der Waals surface area contributed by atoms with Crippen molar-refractivity contribution in [3.63, 3.8) is 0 Å². The number of rotatable bonds is 5. The van der Waals surface area contributed by atoms with E-state index in [-0.39, 0.29) is 6.04 Å². The minimum absolute atomic E-state index is 0.0323. The van der Waals surface area contributed by atoms with Crippen LogP contribution in [0.3, 0.4) is 0 Å². The fourth-order valence-electron chi connectivity index (χ4n) is 1.60. The standard InChI is InChI=1S/C11H15FN2O2/c1-2-3-9(13)6-8-4-5-10(12)11(7-8)14(15)16/h4-5,7,9H,2-3,6,13H2,1H3. The molecule has 0 amide bonds. The second kappa shape index (κ2) is 5.55. The van der Waals surface area contributed by atoms with E-state index >= 15 is 0 Å². The number of nitro groups is 1. The number of hydrogen-bond acceptors (Lipinski definition) is 3. The molecule has 0 spiro atoms. The summed E-state index contributed by atoms with van der Waals surface area (Å²) in [7, 11) is 0. The summed E-state index contributed by atoms with van der Waals surface area (Å²) in [6.07, 6.45) is 2.35. The fourth-order valence-corrected chi connectivity index (χ4v) is 1.60. The van der Waals surface area contributed by atoms with E-state index in [9.17, 15) is 14.5 Å². The van der Waals surface area contributed by atoms with Crippen molar-refractivity contribution in [1.82, 2.24) is 0 Å². The quantitative estimate of drug-likeness (QED) is 0.619. The Morgan fingerprint density at radius 2 is 2.25 bits per heavy atom. The number of benzene rings is 1. The highest BCUT2D eigenvalue weighted by Gasteiger charge is 2.15. The molecule has 16 heavy (non-hydrogen) atoms. The molecule has 1 aromatic carbocycles. The molecule has 1 rings (SSSR count). The molecule has 2 N–H and O–H groups in total. The molecule has 0 aromatic heterocycles. The van der Waals surface area contributed by atoms with Gasteiger partial charge in [-0.2, -0.15) is 4.39 Å². The highest BCUT2D eigenvalue weighted by Crippen LogP contribution is 2.19. The van der Waals surface area contributed by atoms with Gasteiger partial charge in [0.1, 0.15) is 0 Å². The first kappa shape index (κ1) is 12.6. The van der Waals surface area contributed by atoms with Crippen LogP contribution in [0.4, 0.5) is 10.1 Å². The van der Waals surface area contributed by atoms with E-state index in [1.807, 2.05) is 6.92 Å². The van der Waals surface area contributed by atoms with Gasteiger partial charge in [0.2, 0.25) is 5.82 Å². The Hall–Kier alpha value is -1.49. The van der Waals surface area contributed by atoms with Crippen LogP contribution in [0.5, 0.6) is 0 Å². The molecule has 1 unspecified atom stereocenters. The maximum Gasteiger partial charge on any atom is 0.305 e. The summed E-state index contributed by atoms with van der Waals surface area (Å²) in [6.45, 7) is 2.02. The molecule has 1 aromatic rings. The van der Waals surface area contributed by atoms with Crippen LogP contribution < -0.4 is 5.73 Å². The lowest BCUT2D eigenvalue weighted by molar-refractivity contribution is -0.387. The van der Waals surface area contributed by atoms with Gasteiger partial charge in [-0.05, 0) is 24.5 Å². The molecular formula is C11H15FN2O2. The Kier molecular flexibility index (Phi) is 4.37. The first-order chi connectivity index (χ1) is 7.54. The van der Waals surface area contributed by atoms with Crippen molar-refractivity contribution in [3.05, 3.63) is 39.7 Å². The third-order valence-corrected chi connectivity index (χ3v) is 2.36. The number of nitro benzene ring substituents is 1. The Balaban J connectivity index is 2.82. The lowest BCUT2D eigenvalue weighted by atomic mass is 10.0. The second-order valence-electron chi connectivity index (χ2n) is 3.80. The van der Waals surface area contributed by atoms with Gasteiger partial charge in [0.15, 0.2) is 0 Å². The summed E-state index contributed by atoms with van der Waals surface area (Å²) in [6, 6.07) is 3.88. The number of halogens is 1. The highest BCUT2D eigenvalue weighted by atomic mass is 19.1. The van der Waals surface area contributed by atoms with Crippen molar-refractivity contribution in [1.29, 1.82) is 0 Å². The summed E-state index contributed by atoms with van der Waals surface area (Å²) in [5, 5.41) is 10.5. The van der Waals surface area contributed by atoms with E-state index in [0.29, 0.717) is 12.0 Å². The minimum atomic E-state index is -0.808. The largest absolute Gasteiger partial charge is 0.327 e. The Labute approximate surface area is 93.4 Å². The van der Waals surface area contributed by atoms with Crippen molar-refractivity contribution in [2.45, 2.75) is 32.2 Å². The average molecular weight is 226 g/mol. The maximum atomic E-state index is 13.0. The van der Waals surface area contributed by atoms with Crippen LogP contribution in [0, 0.1) is 15.9 Å². The van der Waals surface area contributed by atoms with Gasteiger partial charge in [-0.25, -0.2) is 0 Å². The van der Waals surface area contributed by atoms with E-state index in [1.165, 1.54) is 12.1 Å². The molecule has 0 aliphatic carbocycles. The summed E-state index contributed by atoms with van der Waals surface area (Å²) in [5.41, 5.74) is 6.03. The molecule has 0 fully saturated rings. The third-order valence-electron chi connectivity index (χ3n) is 2.36. The molecule has 5 heteroatoms. The topological polar surface area (TPSA) is 69.2 Å². The lowest BCUT2D eigenvalue weighted by Crippen LogP contribution is -2.22. The molecule has 0 bridgehead atoms. The molecule has 0 radical (unpaired) electrons. The average Bonchev–Trinajstić information content (AvgIpc) is 2.21. The van der Waals surface area contributed by atoms with Crippen LogP contribution in [0.1, 0.15) is 25.3 Å². The molecule has 0 aliphatic heterocycles. The minimum Gasteiger partial charge on any atom is -0.327 e. The van der Waals surface area contributed by atoms with Gasteiger partial charge >= 0.3 is 5.69 Å². The van der Waals surface area contributed by atoms with E-state index in [4.69, 9.17) is 5.73 Å². The van der Waals surface area contributed by atoms with E-state index in [2.05, 4.69) is 0 Å². The summed E-state index contributed by atoms with van der Waals surface area (Å²) in [4.78, 5) is 9.80. The SMILES string of the molecule is CCCC(N)Cc1ccc(F)c([N+](=O)[O-])c1. The molecule has 88 valence electrons. The highest BCUT2D eigenvalue weighted by molar-refractivity contribution is 5.36. The molecule has 1 atom stereocenters. The third kappa shape index (κ3) is 3.27. The Bertz CT molecular complexity index is 382. The van der Waals surface area contributed by atoms with Crippen molar-refractivity contribution in [2.75, 3.05) is 0 Å². The van der Waals surface area contributed by atoms with Gasteiger partial charge in [0.25, 0.3) is 0 Å². The first-order valence-corrected chi connectivity index (χ1v) is 5.23. The first-order valence-electron chi connectivity index (χ1n) is 5.23. The Morgan fingerprint density at radius 3 is 2.81 bits per heavy atom. The normalized spacial score (nSPS) is 12.4. The van der Waals surface area contributed by atoms with Crippen molar-refractivity contribution in [2.24, 2.45) is 5.73 Å². The van der Waals surface area contributed by atoms with Gasteiger partial charge in [0.05, 0.1) is 4.92 Å². The van der Waals surface area contributed by atoms with Crippen molar-refractivity contribution >= 4 is 5.69 Å². The zero-order valence-electron chi connectivity index (χ0n) is 9.15. The molecule has 0 aliphatic rings. The summed E-state index contributed by atoms with van der Waals surface area (Å²) < 4.78 is 13.0. The lowest BCUT2D eigenvalue weighted by Gasteiger charge is -2.09. The van der Waals surface area contributed by atoms with Crippen LogP contribution in [-0.2, 0) is 6.42 Å². The fraction of sp³-hybridized carbons (Fsp3) is 0.455. The molecule has 0 saturated carbocycles. The summed E-state index contributed by atoms with van der Waals surface area (Å²) in [5.74, 6) is -0.808. The van der Waals surface area contributed by atoms with Gasteiger partial charge in [-0.15, -0.1) is 0 Å².